The molecular formula is C24H28Cl2FN7O2. The predicted molar refractivity (Wildman–Crippen MR) is 137 cm³/mol. The molecule has 1 aliphatic rings. The van der Waals surface area contributed by atoms with E-state index >= 15 is 0 Å². The Morgan fingerprint density at radius 3 is 2.69 bits per heavy atom. The summed E-state index contributed by atoms with van der Waals surface area (Å²) in [5, 5.41) is 4.67. The van der Waals surface area contributed by atoms with Gasteiger partial charge >= 0.3 is 0 Å². The Kier molecular flexibility index (Phi) is 7.97. The van der Waals surface area contributed by atoms with Crippen LogP contribution in [0.4, 0.5) is 10.2 Å². The first-order chi connectivity index (χ1) is 17.1. The van der Waals surface area contributed by atoms with E-state index in [1.165, 1.54) is 12.1 Å². The molecule has 0 aliphatic carbocycles. The summed E-state index contributed by atoms with van der Waals surface area (Å²) in [6, 6.07) is 2.79. The maximum Gasteiger partial charge on any atom is 0.258 e. The maximum absolute atomic E-state index is 14.0. The number of anilines is 1. The number of nitrogen functional groups attached to an aromatic ring is 1. The van der Waals surface area contributed by atoms with Gasteiger partial charge in [-0.1, -0.05) is 23.2 Å². The molecule has 2 N–H and O–H groups in total. The average Bonchev–Trinajstić information content (AvgIpc) is 3.33. The molecule has 0 saturated carbocycles. The minimum absolute atomic E-state index is 0.0800. The third-order valence-corrected chi connectivity index (χ3v) is 6.80. The van der Waals surface area contributed by atoms with Gasteiger partial charge in [0.1, 0.15) is 11.9 Å². The second-order valence-corrected chi connectivity index (χ2v) is 9.81. The molecule has 1 unspecified atom stereocenters. The number of nitrogens with zero attached hydrogens (tertiary/aromatic N) is 6. The molecule has 1 aromatic carbocycles. The highest BCUT2D eigenvalue weighted by molar-refractivity contribution is 6.36. The lowest BCUT2D eigenvalue weighted by Crippen LogP contribution is -2.43. The van der Waals surface area contributed by atoms with Crippen LogP contribution in [0.3, 0.4) is 0 Å². The molecule has 0 bridgehead atoms. The summed E-state index contributed by atoms with van der Waals surface area (Å²) in [5.41, 5.74) is 7.56. The molecule has 1 aliphatic heterocycles. The Hall–Kier alpha value is -2.95. The summed E-state index contributed by atoms with van der Waals surface area (Å²) < 4.78 is 21.8. The Balaban J connectivity index is 1.47. The number of nitrogens with two attached hydrogens (primary N) is 1. The minimum atomic E-state index is -0.726. The Morgan fingerprint density at radius 2 is 2.00 bits per heavy atom. The number of carbonyl (C=O) groups excluding carboxylic acids is 1. The standard InChI is InChI=1S/C24H28Cl2FN7O2/c1-14(21-17(25)4-5-18(27)22(21)26)36-24-23(28)29-11-19(31-24)15-10-30-34(12-15)16-6-8-33(9-7-16)20(35)13-32(2)3/h4-5,10-12,14,16H,6-9,13H2,1-3H3,(H2,28,29). The van der Waals surface area contributed by atoms with E-state index in [4.69, 9.17) is 33.7 Å². The SMILES string of the molecule is CC(Oc1nc(-c2cnn(C3CCN(C(=O)CN(C)C)CC3)c2)cnc1N)c1c(Cl)ccc(F)c1Cl. The van der Waals surface area contributed by atoms with Gasteiger partial charge in [-0.2, -0.15) is 5.10 Å². The van der Waals surface area contributed by atoms with Crippen LogP contribution in [0.2, 0.25) is 10.0 Å². The van der Waals surface area contributed by atoms with Crippen LogP contribution in [0.1, 0.15) is 37.5 Å². The lowest BCUT2D eigenvalue weighted by Gasteiger charge is -2.32. The zero-order valence-corrected chi connectivity index (χ0v) is 21.8. The first-order valence-corrected chi connectivity index (χ1v) is 12.3. The van der Waals surface area contributed by atoms with Crippen LogP contribution in [0.5, 0.6) is 5.88 Å². The van der Waals surface area contributed by atoms with E-state index in [1.54, 1.807) is 19.3 Å². The number of benzene rings is 1. The summed E-state index contributed by atoms with van der Waals surface area (Å²) in [4.78, 5) is 24.8. The molecule has 12 heteroatoms. The van der Waals surface area contributed by atoms with Crippen LogP contribution >= 0.6 is 23.2 Å². The number of likely N-dealkylation sites (N-methyl/N-ethyl adjacent to an activating group) is 1. The van der Waals surface area contributed by atoms with Crippen LogP contribution in [0.25, 0.3) is 11.3 Å². The fourth-order valence-corrected chi connectivity index (χ4v) is 4.85. The van der Waals surface area contributed by atoms with Gasteiger partial charge in [-0.3, -0.25) is 9.48 Å². The van der Waals surface area contributed by atoms with E-state index in [9.17, 15) is 9.18 Å². The van der Waals surface area contributed by atoms with E-state index in [0.717, 1.165) is 18.4 Å². The van der Waals surface area contributed by atoms with Crippen molar-refractivity contribution in [2.45, 2.75) is 31.9 Å². The quantitative estimate of drug-likeness (QED) is 0.451. The molecule has 36 heavy (non-hydrogen) atoms. The zero-order valence-electron chi connectivity index (χ0n) is 20.3. The number of hydrogen-bond donors (Lipinski definition) is 1. The topological polar surface area (TPSA) is 102 Å². The minimum Gasteiger partial charge on any atom is -0.467 e. The van der Waals surface area contributed by atoms with Gasteiger partial charge in [0, 0.05) is 35.4 Å². The molecule has 3 aromatic rings. The predicted octanol–water partition coefficient (Wildman–Crippen LogP) is 4.23. The maximum atomic E-state index is 14.0. The number of likely N-dealkylation sites (tertiary alicyclic amines) is 1. The second-order valence-electron chi connectivity index (χ2n) is 9.02. The highest BCUT2D eigenvalue weighted by atomic mass is 35.5. The van der Waals surface area contributed by atoms with Crippen molar-refractivity contribution in [1.29, 1.82) is 0 Å². The number of rotatable bonds is 7. The molecule has 9 nitrogen and oxygen atoms in total. The van der Waals surface area contributed by atoms with Crippen LogP contribution in [-0.2, 0) is 4.79 Å². The summed E-state index contributed by atoms with van der Waals surface area (Å²) in [6.07, 6.45) is 6.05. The van der Waals surface area contributed by atoms with Crippen molar-refractivity contribution in [3.63, 3.8) is 0 Å². The lowest BCUT2D eigenvalue weighted by atomic mass is 10.1. The number of ether oxygens (including phenoxy) is 1. The smallest absolute Gasteiger partial charge is 0.258 e. The van der Waals surface area contributed by atoms with Gasteiger partial charge in [0.2, 0.25) is 5.91 Å². The fourth-order valence-electron chi connectivity index (χ4n) is 4.17. The number of carbonyl (C=O) groups is 1. The van der Waals surface area contributed by atoms with Crippen LogP contribution in [0.15, 0.2) is 30.7 Å². The molecule has 0 spiro atoms. The molecule has 1 saturated heterocycles. The molecule has 3 heterocycles. The van der Waals surface area contributed by atoms with Crippen molar-refractivity contribution in [2.24, 2.45) is 0 Å². The van der Waals surface area contributed by atoms with E-state index in [0.29, 0.717) is 30.9 Å². The van der Waals surface area contributed by atoms with Crippen molar-refractivity contribution in [3.8, 4) is 17.1 Å². The van der Waals surface area contributed by atoms with Gasteiger partial charge < -0.3 is 20.3 Å². The number of halogens is 3. The van der Waals surface area contributed by atoms with Crippen LogP contribution in [0, 0.1) is 5.82 Å². The highest BCUT2D eigenvalue weighted by Crippen LogP contribution is 2.36. The van der Waals surface area contributed by atoms with E-state index in [2.05, 4.69) is 15.1 Å². The molecule has 4 rings (SSSR count). The first-order valence-electron chi connectivity index (χ1n) is 11.5. The van der Waals surface area contributed by atoms with Gasteiger partial charge in [-0.05, 0) is 46.0 Å². The Labute approximate surface area is 219 Å². The van der Waals surface area contributed by atoms with Crippen molar-refractivity contribution < 1.29 is 13.9 Å². The normalized spacial score (nSPS) is 15.4. The molecule has 1 atom stereocenters. The van der Waals surface area contributed by atoms with Gasteiger partial charge in [0.05, 0.1) is 35.7 Å². The summed E-state index contributed by atoms with van der Waals surface area (Å²) in [7, 11) is 3.78. The number of amides is 1. The molecule has 0 radical (unpaired) electrons. The van der Waals surface area contributed by atoms with Gasteiger partial charge in [-0.25, -0.2) is 14.4 Å². The van der Waals surface area contributed by atoms with Gasteiger partial charge in [0.15, 0.2) is 5.82 Å². The largest absolute Gasteiger partial charge is 0.467 e. The number of aromatic nitrogens is 4. The molecular weight excluding hydrogens is 508 g/mol. The molecule has 1 fully saturated rings. The highest BCUT2D eigenvalue weighted by Gasteiger charge is 2.25. The van der Waals surface area contributed by atoms with E-state index < -0.39 is 11.9 Å². The third-order valence-electron chi connectivity index (χ3n) is 6.08. The lowest BCUT2D eigenvalue weighted by molar-refractivity contribution is -0.133. The zero-order chi connectivity index (χ0) is 26.0. The molecule has 1 amide bonds. The summed E-state index contributed by atoms with van der Waals surface area (Å²) >= 11 is 12.3. The second kappa shape index (κ2) is 11.0. The van der Waals surface area contributed by atoms with Crippen LogP contribution in [-0.4, -0.2) is 69.2 Å². The monoisotopic (exact) mass is 535 g/mol. The van der Waals surface area contributed by atoms with Gasteiger partial charge in [-0.15, -0.1) is 0 Å². The summed E-state index contributed by atoms with van der Waals surface area (Å²) in [5.74, 6) is -0.299. The van der Waals surface area contributed by atoms with Crippen molar-refractivity contribution in [3.05, 3.63) is 52.1 Å². The first kappa shape index (κ1) is 26.1. The van der Waals surface area contributed by atoms with Crippen LogP contribution < -0.4 is 10.5 Å². The van der Waals surface area contributed by atoms with E-state index in [-0.39, 0.29) is 33.7 Å². The Morgan fingerprint density at radius 1 is 1.28 bits per heavy atom. The van der Waals surface area contributed by atoms with Crippen molar-refractivity contribution in [2.75, 3.05) is 39.5 Å². The fraction of sp³-hybridized carbons (Fsp3) is 0.417. The van der Waals surface area contributed by atoms with E-state index in [1.807, 2.05) is 34.8 Å². The van der Waals surface area contributed by atoms with Crippen molar-refractivity contribution in [1.82, 2.24) is 29.5 Å². The van der Waals surface area contributed by atoms with Crippen molar-refractivity contribution >= 4 is 34.9 Å². The number of hydrogen-bond acceptors (Lipinski definition) is 7. The average molecular weight is 536 g/mol. The third kappa shape index (κ3) is 5.71. The summed E-state index contributed by atoms with van der Waals surface area (Å²) in [6.45, 7) is 3.46. The molecule has 192 valence electrons. The molecule has 2 aromatic heterocycles. The Bertz CT molecular complexity index is 1250. The van der Waals surface area contributed by atoms with Gasteiger partial charge in [0.25, 0.3) is 5.88 Å². The number of piperidine rings is 1.